The van der Waals surface area contributed by atoms with Crippen LogP contribution in [0.15, 0.2) is 0 Å². The summed E-state index contributed by atoms with van der Waals surface area (Å²) in [7, 11) is 0. The van der Waals surface area contributed by atoms with Gasteiger partial charge in [0.15, 0.2) is 0 Å². The molecule has 0 atom stereocenters. The fourth-order valence-electron chi connectivity index (χ4n) is 3.48. The maximum Gasteiger partial charge on any atom is 0.00390 e. The second-order valence-corrected chi connectivity index (χ2v) is 7.54. The molecule has 0 unspecified atom stereocenters. The van der Waals surface area contributed by atoms with Crippen molar-refractivity contribution in [2.45, 2.75) is 115 Å². The largest absolute Gasteiger partial charge is 0.328 e. The van der Waals surface area contributed by atoms with Gasteiger partial charge in [0.05, 0.1) is 0 Å². The molecule has 4 N–H and O–H groups in total. The van der Waals surface area contributed by atoms with Gasteiger partial charge in [0, 0.05) is 12.1 Å². The Kier molecular flexibility index (Phi) is 11.3. The molecule has 3 rings (SSSR count). The quantitative estimate of drug-likeness (QED) is 0.650. The van der Waals surface area contributed by atoms with Crippen molar-refractivity contribution in [3.05, 3.63) is 0 Å². The molecule has 0 spiro atoms. The molecule has 21 heavy (non-hydrogen) atoms. The van der Waals surface area contributed by atoms with Crippen LogP contribution in [-0.4, -0.2) is 12.1 Å². The van der Waals surface area contributed by atoms with Crippen LogP contribution in [0.2, 0.25) is 0 Å². The van der Waals surface area contributed by atoms with Crippen molar-refractivity contribution in [2.24, 2.45) is 17.4 Å². The Morgan fingerprint density at radius 1 is 0.476 bits per heavy atom. The van der Waals surface area contributed by atoms with Crippen molar-refractivity contribution < 1.29 is 0 Å². The van der Waals surface area contributed by atoms with E-state index in [0.29, 0.717) is 12.1 Å². The van der Waals surface area contributed by atoms with Gasteiger partial charge in [-0.1, -0.05) is 64.7 Å². The predicted molar refractivity (Wildman–Crippen MR) is 94.4 cm³/mol. The van der Waals surface area contributed by atoms with Crippen molar-refractivity contribution in [2.75, 3.05) is 0 Å². The van der Waals surface area contributed by atoms with E-state index < -0.39 is 0 Å². The zero-order valence-corrected chi connectivity index (χ0v) is 14.5. The van der Waals surface area contributed by atoms with Gasteiger partial charge in [0.1, 0.15) is 0 Å². The summed E-state index contributed by atoms with van der Waals surface area (Å²) in [6.45, 7) is 2.31. The summed E-state index contributed by atoms with van der Waals surface area (Å²) in [5.74, 6) is 0.940. The van der Waals surface area contributed by atoms with Crippen LogP contribution >= 0.6 is 0 Å². The third kappa shape index (κ3) is 11.2. The Hall–Kier alpha value is -0.0800. The highest BCUT2D eigenvalue weighted by Gasteiger charge is 2.13. The molecule has 3 aliphatic carbocycles. The SMILES string of the molecule is C1CCCCC1.CC1CCC(N)CC1.NC1CCCCC1. The molecule has 0 heterocycles. The van der Waals surface area contributed by atoms with Crippen molar-refractivity contribution in [3.8, 4) is 0 Å². The van der Waals surface area contributed by atoms with E-state index in [1.807, 2.05) is 0 Å². The second-order valence-electron chi connectivity index (χ2n) is 7.54. The molecule has 0 aromatic rings. The van der Waals surface area contributed by atoms with E-state index in [1.54, 1.807) is 0 Å². The van der Waals surface area contributed by atoms with Crippen LogP contribution in [-0.2, 0) is 0 Å². The molecule has 0 aromatic heterocycles. The lowest BCUT2D eigenvalue weighted by Gasteiger charge is -2.22. The molecule has 2 nitrogen and oxygen atoms in total. The molecule has 3 aliphatic rings. The second kappa shape index (κ2) is 12.5. The Morgan fingerprint density at radius 3 is 1.10 bits per heavy atom. The number of hydrogen-bond donors (Lipinski definition) is 2. The summed E-state index contributed by atoms with van der Waals surface area (Å²) < 4.78 is 0. The molecule has 0 bridgehead atoms. The monoisotopic (exact) mass is 296 g/mol. The zero-order chi connectivity index (χ0) is 15.3. The van der Waals surface area contributed by atoms with Crippen LogP contribution in [0.4, 0.5) is 0 Å². The van der Waals surface area contributed by atoms with Crippen LogP contribution in [0.1, 0.15) is 103 Å². The smallest absolute Gasteiger partial charge is 0.00390 e. The van der Waals surface area contributed by atoms with Gasteiger partial charge < -0.3 is 11.5 Å². The lowest BCUT2D eigenvalue weighted by Crippen LogP contribution is -2.25. The fourth-order valence-corrected chi connectivity index (χ4v) is 3.48. The normalized spacial score (nSPS) is 30.4. The van der Waals surface area contributed by atoms with Crippen molar-refractivity contribution >= 4 is 0 Å². The lowest BCUT2D eigenvalue weighted by atomic mass is 9.88. The van der Waals surface area contributed by atoms with Crippen molar-refractivity contribution in [3.63, 3.8) is 0 Å². The van der Waals surface area contributed by atoms with Crippen molar-refractivity contribution in [1.82, 2.24) is 0 Å². The summed E-state index contributed by atoms with van der Waals surface area (Å²) in [6.07, 6.45) is 20.9. The standard InChI is InChI=1S/C7H15N.C6H13N.C6H12/c1-6-2-4-7(8)5-3-6;7-6-4-2-1-3-5-6;1-2-4-6-5-3-1/h6-7H,2-5,8H2,1H3;6H,1-5,7H2;1-6H2. The highest BCUT2D eigenvalue weighted by Crippen LogP contribution is 2.21. The third-order valence-electron chi connectivity index (χ3n) is 5.21. The van der Waals surface area contributed by atoms with E-state index in [1.165, 1.54) is 96.3 Å². The van der Waals surface area contributed by atoms with Gasteiger partial charge >= 0.3 is 0 Å². The first kappa shape index (κ1) is 19.0. The minimum atomic E-state index is 0.520. The third-order valence-corrected chi connectivity index (χ3v) is 5.21. The summed E-state index contributed by atoms with van der Waals surface area (Å²) in [6, 6.07) is 1.06. The van der Waals surface area contributed by atoms with E-state index in [0.717, 1.165) is 5.92 Å². The summed E-state index contributed by atoms with van der Waals surface area (Å²) in [5, 5.41) is 0. The molecule has 0 saturated heterocycles. The highest BCUT2D eigenvalue weighted by molar-refractivity contribution is 4.71. The van der Waals surface area contributed by atoms with Gasteiger partial charge in [-0.05, 0) is 44.4 Å². The van der Waals surface area contributed by atoms with Crippen LogP contribution in [0.3, 0.4) is 0 Å². The molecule has 0 radical (unpaired) electrons. The number of nitrogens with two attached hydrogens (primary N) is 2. The van der Waals surface area contributed by atoms with Crippen LogP contribution < -0.4 is 11.5 Å². The molecule has 2 heteroatoms. The average Bonchev–Trinajstić information content (AvgIpc) is 2.54. The van der Waals surface area contributed by atoms with E-state index in [9.17, 15) is 0 Å². The molecule has 0 aliphatic heterocycles. The summed E-state index contributed by atoms with van der Waals surface area (Å²) in [4.78, 5) is 0. The van der Waals surface area contributed by atoms with Gasteiger partial charge in [-0.3, -0.25) is 0 Å². The maximum atomic E-state index is 5.70. The van der Waals surface area contributed by atoms with Gasteiger partial charge in [0.25, 0.3) is 0 Å². The molecular weight excluding hydrogens is 256 g/mol. The molecule has 0 aromatic carbocycles. The molecule has 3 saturated carbocycles. The van der Waals surface area contributed by atoms with E-state index in [4.69, 9.17) is 11.5 Å². The van der Waals surface area contributed by atoms with Crippen LogP contribution in [0.5, 0.6) is 0 Å². The topological polar surface area (TPSA) is 52.0 Å². The van der Waals surface area contributed by atoms with Gasteiger partial charge in [-0.25, -0.2) is 0 Å². The van der Waals surface area contributed by atoms with Crippen LogP contribution in [0.25, 0.3) is 0 Å². The molecule has 126 valence electrons. The zero-order valence-electron chi connectivity index (χ0n) is 14.5. The maximum absolute atomic E-state index is 5.70. The first-order valence-corrected chi connectivity index (χ1v) is 9.69. The molecule has 3 fully saturated rings. The van der Waals surface area contributed by atoms with E-state index >= 15 is 0 Å². The Labute approximate surface area is 133 Å². The molecule has 0 amide bonds. The van der Waals surface area contributed by atoms with Crippen molar-refractivity contribution in [1.29, 1.82) is 0 Å². The fraction of sp³-hybridized carbons (Fsp3) is 1.00. The minimum absolute atomic E-state index is 0.520. The Morgan fingerprint density at radius 2 is 0.810 bits per heavy atom. The van der Waals surface area contributed by atoms with Crippen LogP contribution in [0, 0.1) is 5.92 Å². The number of hydrogen-bond acceptors (Lipinski definition) is 2. The highest BCUT2D eigenvalue weighted by atomic mass is 14.6. The van der Waals surface area contributed by atoms with E-state index in [-0.39, 0.29) is 0 Å². The van der Waals surface area contributed by atoms with Gasteiger partial charge in [-0.15, -0.1) is 0 Å². The summed E-state index contributed by atoms with van der Waals surface area (Å²) in [5.41, 5.74) is 11.3. The van der Waals surface area contributed by atoms with Gasteiger partial charge in [-0.2, -0.15) is 0 Å². The number of rotatable bonds is 0. The lowest BCUT2D eigenvalue weighted by molar-refractivity contribution is 0.348. The predicted octanol–water partition coefficient (Wildman–Crippen LogP) is 5.14. The minimum Gasteiger partial charge on any atom is -0.328 e. The molecular formula is C19H40N2. The Balaban J connectivity index is 0.000000159. The van der Waals surface area contributed by atoms with Gasteiger partial charge in [0.2, 0.25) is 0 Å². The first-order valence-electron chi connectivity index (χ1n) is 9.69. The van der Waals surface area contributed by atoms with E-state index in [2.05, 4.69) is 6.92 Å². The average molecular weight is 297 g/mol. The Bertz CT molecular complexity index is 190. The summed E-state index contributed by atoms with van der Waals surface area (Å²) >= 11 is 0. The first-order chi connectivity index (χ1) is 10.2.